The Kier molecular flexibility index (Phi) is 4.08. The average molecular weight is 287 g/mol. The Bertz CT molecular complexity index is 231. The molecule has 1 atom stereocenters. The molecule has 0 aliphatic heterocycles. The zero-order valence-corrected chi connectivity index (χ0v) is 11.8. The third-order valence-corrected chi connectivity index (χ3v) is 5.15. The Labute approximate surface area is 85.4 Å². The molecule has 0 aromatic rings. The second-order valence-electron chi connectivity index (χ2n) is 4.94. The van der Waals surface area contributed by atoms with Crippen molar-refractivity contribution in [1.29, 1.82) is 0 Å². The van der Waals surface area contributed by atoms with E-state index in [0.717, 1.165) is 18.4 Å². The minimum atomic E-state index is -1.81. The Morgan fingerprint density at radius 3 is 2.62 bits per heavy atom. The van der Waals surface area contributed by atoms with Crippen LogP contribution in [0.25, 0.3) is 0 Å². The van der Waals surface area contributed by atoms with E-state index in [2.05, 4.69) is 24.6 Å². The van der Waals surface area contributed by atoms with Crippen LogP contribution < -0.4 is 0 Å². The van der Waals surface area contributed by atoms with Gasteiger partial charge in [0.05, 0.1) is 0 Å². The molecule has 0 heterocycles. The molecule has 1 saturated carbocycles. The van der Waals surface area contributed by atoms with E-state index in [4.69, 9.17) is 0 Å². The molecule has 1 aliphatic rings. The Hall–Kier alpha value is 0.279. The predicted octanol–water partition coefficient (Wildman–Crippen LogP) is 2.88. The Morgan fingerprint density at radius 1 is 1.38 bits per heavy atom. The van der Waals surface area contributed by atoms with Gasteiger partial charge in [-0.05, 0) is 0 Å². The predicted molar refractivity (Wildman–Crippen MR) is 59.4 cm³/mol. The fourth-order valence-corrected chi connectivity index (χ4v) is 3.24. The third-order valence-electron chi connectivity index (χ3n) is 2.27. The summed E-state index contributed by atoms with van der Waals surface area (Å²) in [5, 5.41) is 9.67. The molecule has 1 unspecified atom stereocenters. The van der Waals surface area contributed by atoms with Crippen LogP contribution in [-0.4, -0.2) is 29.6 Å². The van der Waals surface area contributed by atoms with Crippen molar-refractivity contribution in [2.45, 2.75) is 46.6 Å². The minimum absolute atomic E-state index is 0.196. The number of aliphatic hydroxyl groups is 1. The molecule has 13 heavy (non-hydrogen) atoms. The van der Waals surface area contributed by atoms with Gasteiger partial charge >= 0.3 is 85.5 Å². The SMILES string of the molecule is [CH3][Sn]([CH3])([CH3])[CH]=C=C1CCCCC1O. The summed E-state index contributed by atoms with van der Waals surface area (Å²) in [6, 6.07) is 0. The molecule has 0 bridgehead atoms. The van der Waals surface area contributed by atoms with Crippen molar-refractivity contribution in [3.63, 3.8) is 0 Å². The summed E-state index contributed by atoms with van der Waals surface area (Å²) in [5.74, 6) is 0. The molecule has 0 amide bonds. The molecular formula is C11H20OSn. The first-order valence-corrected chi connectivity index (χ1v) is 15.3. The van der Waals surface area contributed by atoms with Crippen molar-refractivity contribution in [2.24, 2.45) is 0 Å². The quantitative estimate of drug-likeness (QED) is 0.581. The van der Waals surface area contributed by atoms with Gasteiger partial charge in [0.1, 0.15) is 0 Å². The standard InChI is InChI=1S/C8H11O.3CH3.Sn/c1-2-7-5-3-4-6-8(7)9;;;;/h1,8-9H,3-6H2;3*1H3;. The van der Waals surface area contributed by atoms with Crippen LogP contribution in [0.5, 0.6) is 0 Å². The van der Waals surface area contributed by atoms with Gasteiger partial charge in [-0.3, -0.25) is 0 Å². The van der Waals surface area contributed by atoms with Gasteiger partial charge in [0.25, 0.3) is 0 Å². The summed E-state index contributed by atoms with van der Waals surface area (Å²) in [6.07, 6.45) is 4.20. The van der Waals surface area contributed by atoms with Gasteiger partial charge < -0.3 is 0 Å². The molecule has 0 spiro atoms. The molecule has 1 nitrogen and oxygen atoms in total. The number of rotatable bonds is 1. The second-order valence-corrected chi connectivity index (χ2v) is 19.3. The van der Waals surface area contributed by atoms with Crippen molar-refractivity contribution in [1.82, 2.24) is 0 Å². The molecule has 2 heteroatoms. The van der Waals surface area contributed by atoms with E-state index in [0.29, 0.717) is 0 Å². The number of aliphatic hydroxyl groups excluding tert-OH is 1. The second kappa shape index (κ2) is 4.67. The van der Waals surface area contributed by atoms with E-state index in [-0.39, 0.29) is 6.10 Å². The topological polar surface area (TPSA) is 20.2 Å². The van der Waals surface area contributed by atoms with E-state index in [1.807, 2.05) is 0 Å². The van der Waals surface area contributed by atoms with Gasteiger partial charge in [0.2, 0.25) is 0 Å². The van der Waals surface area contributed by atoms with Crippen LogP contribution in [0.1, 0.15) is 25.7 Å². The van der Waals surface area contributed by atoms with E-state index < -0.39 is 18.4 Å². The summed E-state index contributed by atoms with van der Waals surface area (Å²) in [5.41, 5.74) is 4.50. The van der Waals surface area contributed by atoms with Gasteiger partial charge in [-0.1, -0.05) is 0 Å². The molecule has 0 saturated heterocycles. The maximum absolute atomic E-state index is 9.67. The fourth-order valence-electron chi connectivity index (χ4n) is 1.47. The van der Waals surface area contributed by atoms with Gasteiger partial charge in [0.15, 0.2) is 0 Å². The van der Waals surface area contributed by atoms with Crippen molar-refractivity contribution < 1.29 is 5.11 Å². The summed E-state index contributed by atoms with van der Waals surface area (Å²) in [4.78, 5) is 7.08. The van der Waals surface area contributed by atoms with E-state index in [9.17, 15) is 5.11 Å². The molecule has 74 valence electrons. The van der Waals surface area contributed by atoms with Crippen LogP contribution in [0.3, 0.4) is 0 Å². The first-order chi connectivity index (χ1) is 5.99. The third kappa shape index (κ3) is 4.35. The molecule has 1 fully saturated rings. The first-order valence-electron chi connectivity index (χ1n) is 5.14. The van der Waals surface area contributed by atoms with E-state index in [1.54, 1.807) is 0 Å². The molecular weight excluding hydrogens is 267 g/mol. The monoisotopic (exact) mass is 288 g/mol. The molecule has 0 aromatic heterocycles. The van der Waals surface area contributed by atoms with Crippen LogP contribution in [0, 0.1) is 0 Å². The van der Waals surface area contributed by atoms with Crippen LogP contribution >= 0.6 is 0 Å². The molecule has 0 radical (unpaired) electrons. The molecule has 1 rings (SSSR count). The van der Waals surface area contributed by atoms with Crippen LogP contribution in [0.2, 0.25) is 14.8 Å². The first kappa shape index (κ1) is 11.4. The van der Waals surface area contributed by atoms with Gasteiger partial charge in [-0.2, -0.15) is 0 Å². The number of hydrogen-bond acceptors (Lipinski definition) is 1. The van der Waals surface area contributed by atoms with Crippen LogP contribution in [-0.2, 0) is 0 Å². The Balaban J connectivity index is 2.73. The summed E-state index contributed by atoms with van der Waals surface area (Å²) >= 11 is -1.81. The van der Waals surface area contributed by atoms with Crippen LogP contribution in [0.4, 0.5) is 0 Å². The summed E-state index contributed by atoms with van der Waals surface area (Å²) in [7, 11) is 0. The van der Waals surface area contributed by atoms with Crippen molar-refractivity contribution in [3.05, 3.63) is 15.4 Å². The number of hydrogen-bond donors (Lipinski definition) is 1. The zero-order chi connectivity index (χ0) is 9.90. The molecule has 0 aromatic carbocycles. The zero-order valence-electron chi connectivity index (χ0n) is 8.93. The van der Waals surface area contributed by atoms with Crippen molar-refractivity contribution in [2.75, 3.05) is 0 Å². The van der Waals surface area contributed by atoms with E-state index in [1.165, 1.54) is 12.8 Å². The van der Waals surface area contributed by atoms with Gasteiger partial charge in [-0.25, -0.2) is 0 Å². The van der Waals surface area contributed by atoms with E-state index >= 15 is 0 Å². The average Bonchev–Trinajstić information content (AvgIpc) is 2.01. The van der Waals surface area contributed by atoms with Crippen molar-refractivity contribution in [3.8, 4) is 0 Å². The Morgan fingerprint density at radius 2 is 2.08 bits per heavy atom. The maximum atomic E-state index is 9.67. The molecule has 1 N–H and O–H groups in total. The molecule has 1 aliphatic carbocycles. The summed E-state index contributed by atoms with van der Waals surface area (Å²) in [6.45, 7) is 0. The van der Waals surface area contributed by atoms with Gasteiger partial charge in [-0.15, -0.1) is 0 Å². The normalized spacial score (nSPS) is 24.0. The fraction of sp³-hybridized carbons (Fsp3) is 0.727. The van der Waals surface area contributed by atoms with Crippen LogP contribution in [0.15, 0.2) is 15.4 Å². The summed E-state index contributed by atoms with van der Waals surface area (Å²) < 4.78 is 2.28. The van der Waals surface area contributed by atoms with Gasteiger partial charge in [0, 0.05) is 0 Å². The van der Waals surface area contributed by atoms with Crippen molar-refractivity contribution >= 4 is 18.4 Å².